The number of thioether (sulfide) groups is 1. The van der Waals surface area contributed by atoms with E-state index in [0.29, 0.717) is 154 Å². The Morgan fingerprint density at radius 3 is 1.64 bits per heavy atom. The zero-order chi connectivity index (χ0) is 57.2. The standard InChI is InChI=1S/C58H77N7O14S/c1-9-39-23-43-31-59-48-29-52(50(71-7)27-46(48)56(69)64(43)33-39)78-35-41-25-45(26-42(61-41)36-79-53-30-49-47(28-51(53)72-8)57(70)65-34-40(10-2)24-44(65)32-60-49)77-16-12-62(5)38-58(3,4)80-37-54(66)63(6)13-15-74-18-20-76-22-21-75-19-17-73-14-11-55(67)68/h9-10,25-32,43-44H,11-24,33-38H2,1-8H3,(H,67,68)/b39-9+,40-10+/t43-,44-/m0/s1. The molecule has 80 heavy (non-hydrogen) atoms. The second-order valence-electron chi connectivity index (χ2n) is 20.3. The first-order chi connectivity index (χ1) is 38.6. The van der Waals surface area contributed by atoms with Gasteiger partial charge in [0.15, 0.2) is 23.0 Å². The van der Waals surface area contributed by atoms with Crippen molar-refractivity contribution < 1.29 is 66.9 Å². The van der Waals surface area contributed by atoms with E-state index in [9.17, 15) is 19.2 Å². The fourth-order valence-electron chi connectivity index (χ4n) is 9.39. The zero-order valence-corrected chi connectivity index (χ0v) is 48.2. The largest absolute Gasteiger partial charge is 0.493 e. The van der Waals surface area contributed by atoms with Gasteiger partial charge in [0.25, 0.3) is 11.8 Å². The number of carboxylic acids is 1. The normalized spacial score (nSPS) is 17.6. The van der Waals surface area contributed by atoms with E-state index >= 15 is 0 Å². The van der Waals surface area contributed by atoms with Crippen molar-refractivity contribution in [2.75, 3.05) is 126 Å². The third-order valence-electron chi connectivity index (χ3n) is 13.8. The fourth-order valence-corrected chi connectivity index (χ4v) is 10.4. The Kier molecular flexibility index (Phi) is 22.7. The van der Waals surface area contributed by atoms with Crippen LogP contribution in [0.25, 0.3) is 0 Å². The minimum atomic E-state index is -0.896. The molecule has 2 aromatic carbocycles. The molecule has 2 saturated heterocycles. The number of fused-ring (bicyclic) bond motifs is 4. The lowest BCUT2D eigenvalue weighted by molar-refractivity contribution is -0.138. The Hall–Kier alpha value is -6.56. The summed E-state index contributed by atoms with van der Waals surface area (Å²) in [5.74, 6) is 1.29. The number of ether oxygens (including phenoxy) is 9. The Labute approximate surface area is 473 Å². The van der Waals surface area contributed by atoms with Crippen molar-refractivity contribution in [3.05, 3.63) is 82.2 Å². The zero-order valence-electron chi connectivity index (χ0n) is 47.4. The molecule has 0 aliphatic carbocycles. The highest BCUT2D eigenvalue weighted by atomic mass is 32.2. The minimum absolute atomic E-state index is 0.00993. The van der Waals surface area contributed by atoms with Crippen LogP contribution in [0.2, 0.25) is 0 Å². The van der Waals surface area contributed by atoms with Crippen LogP contribution in [0.3, 0.4) is 0 Å². The molecule has 7 rings (SSSR count). The molecule has 434 valence electrons. The molecule has 0 bridgehead atoms. The Balaban J connectivity index is 0.933. The number of hydrogen-bond acceptors (Lipinski definition) is 18. The molecular weight excluding hydrogens is 1050 g/mol. The van der Waals surface area contributed by atoms with Crippen molar-refractivity contribution in [2.45, 2.75) is 77.0 Å². The van der Waals surface area contributed by atoms with Gasteiger partial charge in [-0.25, -0.2) is 0 Å². The maximum Gasteiger partial charge on any atom is 0.305 e. The molecule has 2 atom stereocenters. The molecule has 4 aliphatic rings. The van der Waals surface area contributed by atoms with Crippen LogP contribution in [0.1, 0.15) is 79.1 Å². The minimum Gasteiger partial charge on any atom is -0.493 e. The molecule has 5 heterocycles. The summed E-state index contributed by atoms with van der Waals surface area (Å²) in [6, 6.07) is 10.2. The monoisotopic (exact) mass is 1130 g/mol. The number of likely N-dealkylation sites (N-methyl/N-ethyl adjacent to an activating group) is 2. The van der Waals surface area contributed by atoms with Crippen molar-refractivity contribution in [1.29, 1.82) is 0 Å². The average molecular weight is 1130 g/mol. The molecule has 21 nitrogen and oxygen atoms in total. The van der Waals surface area contributed by atoms with Gasteiger partial charge in [0, 0.05) is 81.2 Å². The quantitative estimate of drug-likeness (QED) is 0.0500. The number of aliphatic imine (C=N–C) groups is 2. The number of amides is 3. The summed E-state index contributed by atoms with van der Waals surface area (Å²) in [5, 5.41) is 8.63. The first kappa shape index (κ1) is 61.1. The number of pyridine rings is 1. The van der Waals surface area contributed by atoms with E-state index in [1.165, 1.54) is 25.4 Å². The maximum atomic E-state index is 13.8. The van der Waals surface area contributed by atoms with Gasteiger partial charge in [0.1, 0.15) is 25.6 Å². The van der Waals surface area contributed by atoms with E-state index in [0.717, 1.165) is 12.8 Å². The molecule has 3 aromatic rings. The van der Waals surface area contributed by atoms with Crippen LogP contribution in [-0.4, -0.2) is 209 Å². The molecule has 22 heteroatoms. The Morgan fingerprint density at radius 1 is 0.675 bits per heavy atom. The van der Waals surface area contributed by atoms with Crippen molar-refractivity contribution in [3.8, 4) is 28.7 Å². The summed E-state index contributed by atoms with van der Waals surface area (Å²) < 4.78 is 52.3. The molecule has 1 aromatic heterocycles. The highest BCUT2D eigenvalue weighted by Gasteiger charge is 2.36. The molecule has 3 amide bonds. The van der Waals surface area contributed by atoms with Crippen molar-refractivity contribution in [2.24, 2.45) is 9.98 Å². The molecule has 0 radical (unpaired) electrons. The van der Waals surface area contributed by atoms with E-state index in [4.69, 9.17) is 62.7 Å². The van der Waals surface area contributed by atoms with Gasteiger partial charge >= 0.3 is 5.97 Å². The molecule has 0 spiro atoms. The molecule has 1 N–H and O–H groups in total. The molecular formula is C58H77N7O14S. The van der Waals surface area contributed by atoms with E-state index in [2.05, 4.69) is 30.9 Å². The number of carboxylic acid groups (broad SMARTS) is 1. The average Bonchev–Trinajstić information content (AvgIpc) is 4.07. The number of carbonyl (C=O) groups excluding carboxylic acids is 3. The van der Waals surface area contributed by atoms with Crippen LogP contribution in [0.5, 0.6) is 28.7 Å². The fraction of sp³-hybridized carbons (Fsp3) is 0.534. The summed E-state index contributed by atoms with van der Waals surface area (Å²) >= 11 is 1.59. The Morgan fingerprint density at radius 2 is 1.16 bits per heavy atom. The number of hydrogen-bond donors (Lipinski definition) is 1. The van der Waals surface area contributed by atoms with E-state index in [-0.39, 0.29) is 60.8 Å². The number of rotatable bonds is 32. The van der Waals surface area contributed by atoms with Crippen LogP contribution in [-0.2, 0) is 41.8 Å². The van der Waals surface area contributed by atoms with Gasteiger partial charge in [-0.15, -0.1) is 11.8 Å². The lowest BCUT2D eigenvalue weighted by Crippen LogP contribution is -2.38. The molecule has 0 saturated carbocycles. The molecule has 4 aliphatic heterocycles. The first-order valence-corrected chi connectivity index (χ1v) is 28.0. The van der Waals surface area contributed by atoms with E-state index in [1.807, 2.05) is 55.3 Å². The van der Waals surface area contributed by atoms with Gasteiger partial charge in [-0.1, -0.05) is 23.3 Å². The highest BCUT2D eigenvalue weighted by molar-refractivity contribution is 8.01. The SMILES string of the molecule is C/C=C1\C[C@H]2C=Nc3cc(OCc4cc(OCCN(C)CC(C)(C)SCC(=O)N(C)CCOCCOCCOCCOCCC(=O)O)cc(COc5cc6c(cc5OC)C(=O)N5C/C(=C/C)C[C@H]5C=N6)n4)c(OC)cc3C(=O)N2C1. The van der Waals surface area contributed by atoms with Gasteiger partial charge in [-0.3, -0.25) is 34.1 Å². The summed E-state index contributed by atoms with van der Waals surface area (Å²) in [6.45, 7) is 14.2. The number of aliphatic carboxylic acids is 1. The number of nitrogens with zero attached hydrogens (tertiary/aromatic N) is 7. The molecule has 2 fully saturated rings. The number of benzene rings is 2. The number of methoxy groups -OCH3 is 2. The van der Waals surface area contributed by atoms with Crippen LogP contribution in [0, 0.1) is 0 Å². The number of aromatic nitrogens is 1. The van der Waals surface area contributed by atoms with Crippen molar-refractivity contribution in [1.82, 2.24) is 24.6 Å². The van der Waals surface area contributed by atoms with E-state index in [1.54, 1.807) is 48.0 Å². The summed E-state index contributed by atoms with van der Waals surface area (Å²) in [4.78, 5) is 73.0. The Bertz CT molecular complexity index is 2630. The highest BCUT2D eigenvalue weighted by Crippen LogP contribution is 2.41. The lowest BCUT2D eigenvalue weighted by Gasteiger charge is -2.30. The van der Waals surface area contributed by atoms with Crippen molar-refractivity contribution >= 4 is 59.3 Å². The van der Waals surface area contributed by atoms with E-state index < -0.39 is 5.97 Å². The van der Waals surface area contributed by atoms with Crippen LogP contribution < -0.4 is 23.7 Å². The number of allylic oxidation sites excluding steroid dienone is 2. The summed E-state index contributed by atoms with van der Waals surface area (Å²) in [6.07, 6.45) is 9.21. The van der Waals surface area contributed by atoms with Crippen LogP contribution in [0.15, 0.2) is 69.7 Å². The topological polar surface area (TPSA) is 222 Å². The summed E-state index contributed by atoms with van der Waals surface area (Å²) in [5.41, 5.74) is 5.32. The van der Waals surface area contributed by atoms with Gasteiger partial charge in [-0.2, -0.15) is 0 Å². The predicted octanol–water partition coefficient (Wildman–Crippen LogP) is 6.83. The van der Waals surface area contributed by atoms with Gasteiger partial charge < -0.3 is 67.3 Å². The lowest BCUT2D eigenvalue weighted by atomic mass is 10.1. The van der Waals surface area contributed by atoms with Crippen LogP contribution in [0.4, 0.5) is 11.4 Å². The maximum absolute atomic E-state index is 13.8. The molecule has 0 unspecified atom stereocenters. The van der Waals surface area contributed by atoms with Crippen LogP contribution >= 0.6 is 11.8 Å². The predicted molar refractivity (Wildman–Crippen MR) is 304 cm³/mol. The second kappa shape index (κ2) is 29.8. The second-order valence-corrected chi connectivity index (χ2v) is 22.0. The first-order valence-electron chi connectivity index (χ1n) is 27.0. The van der Waals surface area contributed by atoms with Gasteiger partial charge in [-0.05, 0) is 59.7 Å². The third kappa shape index (κ3) is 17.2. The third-order valence-corrected chi connectivity index (χ3v) is 15.1. The van der Waals surface area contributed by atoms with Gasteiger partial charge in [0.2, 0.25) is 5.91 Å². The smallest absolute Gasteiger partial charge is 0.305 e. The number of carbonyl (C=O) groups is 4. The van der Waals surface area contributed by atoms with Gasteiger partial charge in [0.05, 0.1) is 125 Å². The van der Waals surface area contributed by atoms with Crippen molar-refractivity contribution in [3.63, 3.8) is 0 Å². The summed E-state index contributed by atoms with van der Waals surface area (Å²) in [7, 11) is 6.85.